The van der Waals surface area contributed by atoms with Gasteiger partial charge in [0.05, 0.1) is 20.4 Å². The predicted octanol–water partition coefficient (Wildman–Crippen LogP) is 7.04. The molecular formula is C21H11ClFN3OS3. The van der Waals surface area contributed by atoms with E-state index in [1.807, 2.05) is 22.9 Å². The highest BCUT2D eigenvalue weighted by molar-refractivity contribution is 7.19. The Kier molecular flexibility index (Phi) is 6.06. The number of aromatic nitrogens is 1. The Morgan fingerprint density at radius 2 is 1.97 bits per heavy atom. The van der Waals surface area contributed by atoms with Gasteiger partial charge in [0.2, 0.25) is 0 Å². The van der Waals surface area contributed by atoms with Crippen LogP contribution < -0.4 is 5.32 Å². The van der Waals surface area contributed by atoms with Crippen molar-refractivity contribution in [2.45, 2.75) is 0 Å². The van der Waals surface area contributed by atoms with Crippen molar-refractivity contribution in [1.82, 2.24) is 4.98 Å². The SMILES string of the molecule is N#C/C(=C\c1c(F)cccc1Cl)c1nc(-c2cccs2)c(NC(=O)c2cccs2)s1. The van der Waals surface area contributed by atoms with Crippen LogP contribution in [0.25, 0.3) is 22.2 Å². The van der Waals surface area contributed by atoms with Crippen LogP contribution in [0.5, 0.6) is 0 Å². The second kappa shape index (κ2) is 8.90. The Bertz CT molecular complexity index is 1250. The molecule has 4 aromatic rings. The van der Waals surface area contributed by atoms with Crippen LogP contribution in [0.15, 0.2) is 53.2 Å². The number of nitrogens with one attached hydrogen (secondary N) is 1. The first kappa shape index (κ1) is 20.4. The highest BCUT2D eigenvalue weighted by atomic mass is 35.5. The lowest BCUT2D eigenvalue weighted by molar-refractivity contribution is 0.103. The monoisotopic (exact) mass is 471 g/mol. The summed E-state index contributed by atoms with van der Waals surface area (Å²) in [7, 11) is 0. The fourth-order valence-corrected chi connectivity index (χ4v) is 5.17. The third-order valence-corrected chi connectivity index (χ3v) is 7.07. The average molecular weight is 472 g/mol. The maximum atomic E-state index is 14.2. The number of hydrogen-bond acceptors (Lipinski definition) is 6. The molecular weight excluding hydrogens is 461 g/mol. The second-order valence-corrected chi connectivity index (χ2v) is 9.21. The molecule has 1 N–H and O–H groups in total. The Morgan fingerprint density at radius 3 is 2.63 bits per heavy atom. The van der Waals surface area contributed by atoms with E-state index in [-0.39, 0.29) is 22.1 Å². The number of hydrogen-bond donors (Lipinski definition) is 1. The van der Waals surface area contributed by atoms with E-state index < -0.39 is 5.82 Å². The number of benzene rings is 1. The van der Waals surface area contributed by atoms with Gasteiger partial charge >= 0.3 is 0 Å². The van der Waals surface area contributed by atoms with E-state index in [9.17, 15) is 14.4 Å². The van der Waals surface area contributed by atoms with Crippen LogP contribution in [0.1, 0.15) is 20.2 Å². The molecule has 3 aromatic heterocycles. The number of carbonyl (C=O) groups is 1. The fourth-order valence-electron chi connectivity index (χ4n) is 2.61. The number of nitriles is 1. The normalized spacial score (nSPS) is 11.3. The topological polar surface area (TPSA) is 65.8 Å². The molecule has 4 nitrogen and oxygen atoms in total. The molecule has 9 heteroatoms. The van der Waals surface area contributed by atoms with Gasteiger partial charge in [-0.25, -0.2) is 9.37 Å². The summed E-state index contributed by atoms with van der Waals surface area (Å²) in [5.41, 5.74) is 0.838. The zero-order chi connectivity index (χ0) is 21.1. The van der Waals surface area contributed by atoms with Crippen LogP contribution >= 0.6 is 45.6 Å². The number of amides is 1. The number of halogens is 2. The Labute approximate surface area is 188 Å². The first-order chi connectivity index (χ1) is 14.6. The van der Waals surface area contributed by atoms with Crippen LogP contribution in [-0.2, 0) is 0 Å². The lowest BCUT2D eigenvalue weighted by Crippen LogP contribution is -2.09. The van der Waals surface area contributed by atoms with E-state index in [2.05, 4.69) is 16.4 Å². The van der Waals surface area contributed by atoms with Crippen molar-refractivity contribution in [2.24, 2.45) is 0 Å². The number of thiophene rings is 2. The van der Waals surface area contributed by atoms with Crippen LogP contribution in [0, 0.1) is 17.1 Å². The first-order valence-corrected chi connectivity index (χ1v) is 11.5. The Balaban J connectivity index is 1.78. The molecule has 0 aliphatic heterocycles. The first-order valence-electron chi connectivity index (χ1n) is 8.52. The van der Waals surface area contributed by atoms with Crippen molar-refractivity contribution in [3.8, 4) is 16.6 Å². The summed E-state index contributed by atoms with van der Waals surface area (Å²) in [5, 5.41) is 17.4. The summed E-state index contributed by atoms with van der Waals surface area (Å²) in [4.78, 5) is 18.5. The van der Waals surface area contributed by atoms with Crippen LogP contribution in [0.3, 0.4) is 0 Å². The summed E-state index contributed by atoms with van der Waals surface area (Å²) in [6.45, 7) is 0. The van der Waals surface area contributed by atoms with Crippen molar-refractivity contribution >= 4 is 68.2 Å². The van der Waals surface area contributed by atoms with Gasteiger partial charge in [-0.05, 0) is 41.1 Å². The minimum atomic E-state index is -0.531. The van der Waals surface area contributed by atoms with E-state index in [0.29, 0.717) is 20.6 Å². The van der Waals surface area contributed by atoms with E-state index >= 15 is 0 Å². The van der Waals surface area contributed by atoms with E-state index in [0.717, 1.165) is 16.2 Å². The highest BCUT2D eigenvalue weighted by Crippen LogP contribution is 2.39. The Hall–Kier alpha value is -2.83. The van der Waals surface area contributed by atoms with Crippen molar-refractivity contribution in [3.63, 3.8) is 0 Å². The molecule has 1 aromatic carbocycles. The minimum absolute atomic E-state index is 0.118. The van der Waals surface area contributed by atoms with Gasteiger partial charge in [0.1, 0.15) is 27.6 Å². The molecule has 3 heterocycles. The zero-order valence-corrected chi connectivity index (χ0v) is 18.3. The third kappa shape index (κ3) is 4.20. The van der Waals surface area contributed by atoms with Crippen LogP contribution in [0.2, 0.25) is 5.02 Å². The van der Waals surface area contributed by atoms with Crippen LogP contribution in [-0.4, -0.2) is 10.9 Å². The standard InChI is InChI=1S/C21H11ClFN3OS3/c22-14-4-1-5-15(23)13(14)10-12(11-24)20-25-18(16-6-2-8-28-16)21(30-20)26-19(27)17-7-3-9-29-17/h1-10H,(H,26,27)/b12-10+. The summed E-state index contributed by atoms with van der Waals surface area (Å²) >= 11 is 10.1. The van der Waals surface area contributed by atoms with Crippen molar-refractivity contribution in [3.05, 3.63) is 79.5 Å². The summed E-state index contributed by atoms with van der Waals surface area (Å²) < 4.78 is 14.2. The smallest absolute Gasteiger partial charge is 0.266 e. The van der Waals surface area contributed by atoms with E-state index in [1.54, 1.807) is 18.2 Å². The highest BCUT2D eigenvalue weighted by Gasteiger charge is 2.20. The van der Waals surface area contributed by atoms with Gasteiger partial charge in [0, 0.05) is 5.56 Å². The van der Waals surface area contributed by atoms with Gasteiger partial charge in [0.15, 0.2) is 0 Å². The molecule has 0 bridgehead atoms. The quantitative estimate of drug-likeness (QED) is 0.317. The number of anilines is 1. The average Bonchev–Trinajstić information content (AvgIpc) is 3.49. The number of allylic oxidation sites excluding steroid dienone is 1. The molecule has 0 spiro atoms. The molecule has 0 atom stereocenters. The molecule has 0 unspecified atom stereocenters. The molecule has 0 saturated carbocycles. The third-order valence-electron chi connectivity index (χ3n) is 3.99. The van der Waals surface area contributed by atoms with Crippen molar-refractivity contribution in [1.29, 1.82) is 5.26 Å². The molecule has 0 saturated heterocycles. The summed E-state index contributed by atoms with van der Waals surface area (Å²) in [6, 6.07) is 13.7. The van der Waals surface area contributed by atoms with Gasteiger partial charge in [-0.2, -0.15) is 5.26 Å². The summed E-state index contributed by atoms with van der Waals surface area (Å²) in [5.74, 6) is -0.783. The molecule has 148 valence electrons. The van der Waals surface area contributed by atoms with Gasteiger partial charge < -0.3 is 5.32 Å². The molecule has 0 aliphatic carbocycles. The van der Waals surface area contributed by atoms with Gasteiger partial charge in [0.25, 0.3) is 5.91 Å². The predicted molar refractivity (Wildman–Crippen MR) is 123 cm³/mol. The fraction of sp³-hybridized carbons (Fsp3) is 0. The molecule has 0 fully saturated rings. The number of thiazole rings is 1. The maximum absolute atomic E-state index is 14.2. The lowest BCUT2D eigenvalue weighted by Gasteiger charge is -2.02. The molecule has 4 rings (SSSR count). The molecule has 0 aliphatic rings. The van der Waals surface area contributed by atoms with E-state index in [1.165, 1.54) is 40.9 Å². The van der Waals surface area contributed by atoms with E-state index in [4.69, 9.17) is 11.6 Å². The second-order valence-electron chi connectivity index (χ2n) is 5.91. The molecule has 30 heavy (non-hydrogen) atoms. The van der Waals surface area contributed by atoms with Gasteiger partial charge in [-0.1, -0.05) is 41.1 Å². The van der Waals surface area contributed by atoms with Crippen molar-refractivity contribution < 1.29 is 9.18 Å². The van der Waals surface area contributed by atoms with Crippen LogP contribution in [0.4, 0.5) is 9.39 Å². The molecule has 1 amide bonds. The molecule has 0 radical (unpaired) electrons. The number of nitrogens with zero attached hydrogens (tertiary/aromatic N) is 2. The van der Waals surface area contributed by atoms with Gasteiger partial charge in [-0.3, -0.25) is 4.79 Å². The largest absolute Gasteiger partial charge is 0.311 e. The zero-order valence-electron chi connectivity index (χ0n) is 15.1. The maximum Gasteiger partial charge on any atom is 0.266 e. The summed E-state index contributed by atoms with van der Waals surface area (Å²) in [6.07, 6.45) is 1.37. The number of rotatable bonds is 5. The van der Waals surface area contributed by atoms with Gasteiger partial charge in [-0.15, -0.1) is 22.7 Å². The minimum Gasteiger partial charge on any atom is -0.311 e. The Morgan fingerprint density at radius 1 is 1.17 bits per heavy atom. The van der Waals surface area contributed by atoms with Crippen molar-refractivity contribution in [2.75, 3.05) is 5.32 Å². The number of carbonyl (C=O) groups excluding carboxylic acids is 1. The lowest BCUT2D eigenvalue weighted by atomic mass is 10.1.